The number of rotatable bonds is 0. The molecule has 0 saturated carbocycles. The Balaban J connectivity index is 2.55. The summed E-state index contributed by atoms with van der Waals surface area (Å²) < 4.78 is 5.00. The van der Waals surface area contributed by atoms with E-state index in [1.807, 2.05) is 0 Å². The second-order valence-corrected chi connectivity index (χ2v) is 1.74. The summed E-state index contributed by atoms with van der Waals surface area (Å²) in [6.45, 7) is 1.08. The third kappa shape index (κ3) is 2.24. The third-order valence-corrected chi connectivity index (χ3v) is 0.992. The first-order valence-electron chi connectivity index (χ1n) is 2.84. The Morgan fingerprint density at radius 3 is 2.33 bits per heavy atom. The smallest absolute Gasteiger partial charge is 0.178 e. The molecule has 0 atom stereocenters. The van der Waals surface area contributed by atoms with Crippen molar-refractivity contribution in [2.24, 2.45) is 0 Å². The lowest BCUT2D eigenvalue weighted by atomic mass is 10.3. The predicted octanol–water partition coefficient (Wildman–Crippen LogP) is 0.698. The van der Waals surface area contributed by atoms with Gasteiger partial charge in [0.05, 0.1) is 13.2 Å². The minimum Gasteiger partial charge on any atom is -0.373 e. The van der Waals surface area contributed by atoms with Crippen LogP contribution in [0.15, 0.2) is 24.3 Å². The maximum atomic E-state index is 10.6. The zero-order valence-electron chi connectivity index (χ0n) is 5.04. The van der Waals surface area contributed by atoms with E-state index in [2.05, 4.69) is 0 Å². The number of hydrogen-bond donors (Lipinski definition) is 0. The van der Waals surface area contributed by atoms with Gasteiger partial charge in [0.15, 0.2) is 5.78 Å². The monoisotopic (exact) mass is 124 g/mol. The molecule has 0 N–H and O–H groups in total. The normalized spacial score (nSPS) is 19.3. The van der Waals surface area contributed by atoms with Gasteiger partial charge in [0.1, 0.15) is 0 Å². The fourth-order valence-electron chi connectivity index (χ4n) is 0.588. The Bertz CT molecular complexity index is 140. The first-order valence-corrected chi connectivity index (χ1v) is 2.84. The fourth-order valence-corrected chi connectivity index (χ4v) is 0.588. The zero-order valence-corrected chi connectivity index (χ0v) is 5.04. The summed E-state index contributed by atoms with van der Waals surface area (Å²) in [6.07, 6.45) is 6.45. The van der Waals surface area contributed by atoms with Crippen LogP contribution in [0.25, 0.3) is 0 Å². The molecule has 1 heterocycles. The highest BCUT2D eigenvalue weighted by molar-refractivity contribution is 5.99. The first kappa shape index (κ1) is 6.23. The van der Waals surface area contributed by atoms with Crippen molar-refractivity contribution in [1.82, 2.24) is 0 Å². The largest absolute Gasteiger partial charge is 0.373 e. The van der Waals surface area contributed by atoms with Gasteiger partial charge in [0, 0.05) is 0 Å². The Kier molecular flexibility index (Phi) is 2.22. The molecule has 1 aliphatic heterocycles. The number of ether oxygens (including phenoxy) is 1. The molecule has 2 nitrogen and oxygen atoms in total. The van der Waals surface area contributed by atoms with Gasteiger partial charge in [-0.1, -0.05) is 12.2 Å². The van der Waals surface area contributed by atoms with E-state index in [9.17, 15) is 4.79 Å². The maximum absolute atomic E-state index is 10.6. The van der Waals surface area contributed by atoms with Gasteiger partial charge in [0.2, 0.25) is 0 Å². The van der Waals surface area contributed by atoms with Crippen LogP contribution in [0, 0.1) is 0 Å². The minimum atomic E-state index is 0.0401. The number of ketones is 1. The van der Waals surface area contributed by atoms with Crippen molar-refractivity contribution in [3.63, 3.8) is 0 Å². The van der Waals surface area contributed by atoms with Crippen molar-refractivity contribution in [2.75, 3.05) is 13.2 Å². The number of hydrogen-bond acceptors (Lipinski definition) is 2. The zero-order chi connectivity index (χ0) is 6.53. The summed E-state index contributed by atoms with van der Waals surface area (Å²) in [5.74, 6) is 0.0401. The van der Waals surface area contributed by atoms with E-state index in [-0.39, 0.29) is 5.78 Å². The highest BCUT2D eigenvalue weighted by Crippen LogP contribution is 1.88. The van der Waals surface area contributed by atoms with Crippen LogP contribution in [-0.2, 0) is 9.53 Å². The van der Waals surface area contributed by atoms with Gasteiger partial charge in [-0.2, -0.15) is 0 Å². The Morgan fingerprint density at radius 2 is 1.78 bits per heavy atom. The SMILES string of the molecule is O=C1C=CCOCC=C1. The number of allylic oxidation sites excluding steroid dienone is 2. The highest BCUT2D eigenvalue weighted by atomic mass is 16.5. The van der Waals surface area contributed by atoms with Gasteiger partial charge in [0.25, 0.3) is 0 Å². The molecule has 0 aromatic heterocycles. The van der Waals surface area contributed by atoms with Crippen LogP contribution >= 0.6 is 0 Å². The Hall–Kier alpha value is -0.890. The molecule has 0 aromatic rings. The molecule has 48 valence electrons. The fraction of sp³-hybridized carbons (Fsp3) is 0.286. The molecular formula is C7H8O2. The average Bonchev–Trinajstić information content (AvgIpc) is 1.79. The standard InChI is InChI=1S/C7H8O2/c8-7-3-1-5-9-6-2-4-7/h1-4H,5-6H2. The van der Waals surface area contributed by atoms with Gasteiger partial charge in [-0.05, 0) is 12.2 Å². The topological polar surface area (TPSA) is 26.3 Å². The second-order valence-electron chi connectivity index (χ2n) is 1.74. The van der Waals surface area contributed by atoms with Crippen molar-refractivity contribution in [2.45, 2.75) is 0 Å². The van der Waals surface area contributed by atoms with E-state index >= 15 is 0 Å². The quantitative estimate of drug-likeness (QED) is 0.475. The molecule has 0 saturated heterocycles. The van der Waals surface area contributed by atoms with Crippen molar-refractivity contribution < 1.29 is 9.53 Å². The van der Waals surface area contributed by atoms with Crippen LogP contribution < -0.4 is 0 Å². The van der Waals surface area contributed by atoms with Crippen LogP contribution in [0.2, 0.25) is 0 Å². The number of carbonyl (C=O) groups excluding carboxylic acids is 1. The van der Waals surface area contributed by atoms with Crippen LogP contribution in [0.1, 0.15) is 0 Å². The lowest BCUT2D eigenvalue weighted by Crippen LogP contribution is -1.96. The van der Waals surface area contributed by atoms with Gasteiger partial charge < -0.3 is 4.74 Å². The van der Waals surface area contributed by atoms with Crippen molar-refractivity contribution in [3.05, 3.63) is 24.3 Å². The van der Waals surface area contributed by atoms with Crippen LogP contribution in [-0.4, -0.2) is 19.0 Å². The maximum Gasteiger partial charge on any atom is 0.178 e. The number of carbonyl (C=O) groups is 1. The molecule has 2 heteroatoms. The average molecular weight is 124 g/mol. The Labute approximate surface area is 53.8 Å². The molecule has 9 heavy (non-hydrogen) atoms. The molecule has 0 bridgehead atoms. The molecule has 0 radical (unpaired) electrons. The predicted molar refractivity (Wildman–Crippen MR) is 34.1 cm³/mol. The second kappa shape index (κ2) is 3.20. The van der Waals surface area contributed by atoms with Crippen molar-refractivity contribution in [3.8, 4) is 0 Å². The summed E-state index contributed by atoms with van der Waals surface area (Å²) >= 11 is 0. The van der Waals surface area contributed by atoms with E-state index in [4.69, 9.17) is 4.74 Å². The van der Waals surface area contributed by atoms with Crippen LogP contribution in [0.5, 0.6) is 0 Å². The summed E-state index contributed by atoms with van der Waals surface area (Å²) in [5.41, 5.74) is 0. The summed E-state index contributed by atoms with van der Waals surface area (Å²) in [4.78, 5) is 10.6. The van der Waals surface area contributed by atoms with E-state index in [1.54, 1.807) is 12.2 Å². The van der Waals surface area contributed by atoms with Gasteiger partial charge in [-0.15, -0.1) is 0 Å². The molecule has 0 aromatic carbocycles. The summed E-state index contributed by atoms with van der Waals surface area (Å²) in [7, 11) is 0. The van der Waals surface area contributed by atoms with Gasteiger partial charge in [-0.25, -0.2) is 0 Å². The van der Waals surface area contributed by atoms with Gasteiger partial charge >= 0.3 is 0 Å². The molecule has 1 aliphatic rings. The van der Waals surface area contributed by atoms with Crippen LogP contribution in [0.3, 0.4) is 0 Å². The first-order chi connectivity index (χ1) is 4.39. The molecule has 0 fully saturated rings. The van der Waals surface area contributed by atoms with Crippen LogP contribution in [0.4, 0.5) is 0 Å². The third-order valence-electron chi connectivity index (χ3n) is 0.992. The van der Waals surface area contributed by atoms with E-state index in [1.165, 1.54) is 12.2 Å². The molecule has 0 unspecified atom stereocenters. The minimum absolute atomic E-state index is 0.0401. The van der Waals surface area contributed by atoms with E-state index in [0.717, 1.165) is 0 Å². The molecule has 0 aliphatic carbocycles. The van der Waals surface area contributed by atoms with Crippen molar-refractivity contribution in [1.29, 1.82) is 0 Å². The lowest BCUT2D eigenvalue weighted by Gasteiger charge is -1.96. The van der Waals surface area contributed by atoms with Gasteiger partial charge in [-0.3, -0.25) is 4.79 Å². The molecule has 0 spiro atoms. The molecular weight excluding hydrogens is 116 g/mol. The lowest BCUT2D eigenvalue weighted by molar-refractivity contribution is -0.110. The van der Waals surface area contributed by atoms with E-state index < -0.39 is 0 Å². The Morgan fingerprint density at radius 1 is 1.22 bits per heavy atom. The summed E-state index contributed by atoms with van der Waals surface area (Å²) in [6, 6.07) is 0. The molecule has 1 rings (SSSR count). The highest BCUT2D eigenvalue weighted by Gasteiger charge is 1.90. The molecule has 0 amide bonds. The van der Waals surface area contributed by atoms with Crippen molar-refractivity contribution >= 4 is 5.78 Å². The van der Waals surface area contributed by atoms with E-state index in [0.29, 0.717) is 13.2 Å². The summed E-state index contributed by atoms with van der Waals surface area (Å²) in [5, 5.41) is 0.